The van der Waals surface area contributed by atoms with Gasteiger partial charge in [0.2, 0.25) is 0 Å². The number of hydrazine groups is 1. The Morgan fingerprint density at radius 3 is 2.72 bits per heavy atom. The molecule has 5 heteroatoms. The molecule has 0 spiro atoms. The van der Waals surface area contributed by atoms with Crippen molar-refractivity contribution in [1.29, 1.82) is 0 Å². The lowest BCUT2D eigenvalue weighted by molar-refractivity contribution is 0.265. The molecule has 1 aromatic carbocycles. The summed E-state index contributed by atoms with van der Waals surface area (Å²) in [7, 11) is 0. The number of benzene rings is 1. The molecule has 3 N–H and O–H groups in total. The highest BCUT2D eigenvalue weighted by molar-refractivity contribution is 9.10. The fraction of sp³-hybridized carbons (Fsp3) is 0.231. The average molecular weight is 327 g/mol. The number of para-hydroxylation sites is 1. The number of ether oxygens (including phenoxy) is 1. The third-order valence-corrected chi connectivity index (χ3v) is 4.22. The molecular weight excluding hydrogens is 312 g/mol. The number of rotatable bonds is 6. The molecule has 2 rings (SSSR count). The quantitative estimate of drug-likeness (QED) is 0.633. The zero-order valence-corrected chi connectivity index (χ0v) is 12.2. The van der Waals surface area contributed by atoms with Crippen LogP contribution >= 0.6 is 27.3 Å². The van der Waals surface area contributed by atoms with Crippen molar-refractivity contribution in [2.24, 2.45) is 5.84 Å². The van der Waals surface area contributed by atoms with E-state index in [9.17, 15) is 0 Å². The van der Waals surface area contributed by atoms with Crippen LogP contribution in [0.3, 0.4) is 0 Å². The van der Waals surface area contributed by atoms with E-state index in [1.165, 1.54) is 4.88 Å². The maximum Gasteiger partial charge on any atom is 0.119 e. The summed E-state index contributed by atoms with van der Waals surface area (Å²) in [6.07, 6.45) is 0.861. The van der Waals surface area contributed by atoms with E-state index in [1.54, 1.807) is 11.3 Å². The van der Waals surface area contributed by atoms with Crippen LogP contribution in [-0.4, -0.2) is 12.6 Å². The number of nitrogens with two attached hydrogens (primary N) is 1. The fourth-order valence-electron chi connectivity index (χ4n) is 1.58. The summed E-state index contributed by atoms with van der Waals surface area (Å²) in [5.74, 6) is 6.42. The number of nitrogens with one attached hydrogen (secondary N) is 1. The first-order chi connectivity index (χ1) is 8.78. The van der Waals surface area contributed by atoms with Crippen molar-refractivity contribution >= 4 is 27.3 Å². The van der Waals surface area contributed by atoms with Gasteiger partial charge in [-0.3, -0.25) is 11.3 Å². The summed E-state index contributed by atoms with van der Waals surface area (Å²) < 4.78 is 6.80. The van der Waals surface area contributed by atoms with Gasteiger partial charge in [0, 0.05) is 21.2 Å². The Morgan fingerprint density at radius 1 is 1.33 bits per heavy atom. The Hall–Kier alpha value is -0.880. The lowest BCUT2D eigenvalue weighted by Gasteiger charge is -2.15. The number of hydrogen-bond donors (Lipinski definition) is 2. The van der Waals surface area contributed by atoms with Gasteiger partial charge in [-0.1, -0.05) is 18.2 Å². The Balaban J connectivity index is 1.86. The molecule has 0 aliphatic rings. The Kier molecular flexibility index (Phi) is 5.19. The van der Waals surface area contributed by atoms with Gasteiger partial charge in [0.05, 0.1) is 6.04 Å². The molecular formula is C13H15BrN2OS. The SMILES string of the molecule is NNC(COc1ccccc1)Cc1cc(Br)cs1. The molecule has 0 saturated carbocycles. The van der Waals surface area contributed by atoms with E-state index in [1.807, 2.05) is 30.3 Å². The van der Waals surface area contributed by atoms with Crippen LogP contribution in [-0.2, 0) is 6.42 Å². The van der Waals surface area contributed by atoms with Crippen LogP contribution in [0.5, 0.6) is 5.75 Å². The van der Waals surface area contributed by atoms with Crippen LogP contribution in [0.4, 0.5) is 0 Å². The molecule has 3 nitrogen and oxygen atoms in total. The molecule has 0 aliphatic heterocycles. The lowest BCUT2D eigenvalue weighted by atomic mass is 10.2. The Labute approximate surface area is 119 Å². The standard InChI is InChI=1S/C13H15BrN2OS/c14-10-6-13(18-9-10)7-11(16-15)8-17-12-4-2-1-3-5-12/h1-6,9,11,16H,7-8,15H2. The van der Waals surface area contributed by atoms with E-state index in [4.69, 9.17) is 10.6 Å². The normalized spacial score (nSPS) is 12.3. The van der Waals surface area contributed by atoms with Gasteiger partial charge >= 0.3 is 0 Å². The largest absolute Gasteiger partial charge is 0.492 e. The molecule has 0 radical (unpaired) electrons. The van der Waals surface area contributed by atoms with Gasteiger partial charge < -0.3 is 4.74 Å². The molecule has 1 unspecified atom stereocenters. The van der Waals surface area contributed by atoms with Crippen LogP contribution < -0.4 is 16.0 Å². The predicted molar refractivity (Wildman–Crippen MR) is 78.8 cm³/mol. The minimum Gasteiger partial charge on any atom is -0.492 e. The van der Waals surface area contributed by atoms with E-state index in [0.717, 1.165) is 16.6 Å². The minimum absolute atomic E-state index is 0.107. The van der Waals surface area contributed by atoms with Gasteiger partial charge in [-0.2, -0.15) is 0 Å². The van der Waals surface area contributed by atoms with Crippen LogP contribution in [0.25, 0.3) is 0 Å². The van der Waals surface area contributed by atoms with Crippen molar-refractivity contribution in [3.8, 4) is 5.75 Å². The molecule has 1 heterocycles. The molecule has 1 atom stereocenters. The first kappa shape index (κ1) is 13.5. The van der Waals surface area contributed by atoms with Gasteiger partial charge in [-0.05, 0) is 34.1 Å². The van der Waals surface area contributed by atoms with Crippen molar-refractivity contribution in [3.05, 3.63) is 51.1 Å². The van der Waals surface area contributed by atoms with Gasteiger partial charge in [0.25, 0.3) is 0 Å². The third kappa shape index (κ3) is 4.10. The molecule has 96 valence electrons. The van der Waals surface area contributed by atoms with E-state index in [2.05, 4.69) is 32.8 Å². The molecule has 0 saturated heterocycles. The van der Waals surface area contributed by atoms with E-state index >= 15 is 0 Å². The fourth-order valence-corrected chi connectivity index (χ4v) is 3.12. The molecule has 1 aromatic heterocycles. The zero-order valence-electron chi connectivity index (χ0n) is 9.80. The predicted octanol–water partition coefficient (Wildman–Crippen LogP) is 2.96. The lowest BCUT2D eigenvalue weighted by Crippen LogP contribution is -2.41. The van der Waals surface area contributed by atoms with E-state index < -0.39 is 0 Å². The maximum atomic E-state index is 5.69. The second-order valence-electron chi connectivity index (χ2n) is 3.92. The Morgan fingerprint density at radius 2 is 2.11 bits per heavy atom. The summed E-state index contributed by atoms with van der Waals surface area (Å²) in [4.78, 5) is 1.28. The van der Waals surface area contributed by atoms with Crippen LogP contribution in [0.2, 0.25) is 0 Å². The van der Waals surface area contributed by atoms with Crippen LogP contribution in [0.1, 0.15) is 4.88 Å². The highest BCUT2D eigenvalue weighted by Gasteiger charge is 2.10. The van der Waals surface area contributed by atoms with Crippen LogP contribution in [0.15, 0.2) is 46.3 Å². The van der Waals surface area contributed by atoms with E-state index in [0.29, 0.717) is 6.61 Å². The van der Waals surface area contributed by atoms with Gasteiger partial charge in [-0.25, -0.2) is 0 Å². The van der Waals surface area contributed by atoms with Gasteiger partial charge in [-0.15, -0.1) is 11.3 Å². The summed E-state index contributed by atoms with van der Waals surface area (Å²) in [6, 6.07) is 12.0. The van der Waals surface area contributed by atoms with Crippen LogP contribution in [0, 0.1) is 0 Å². The minimum atomic E-state index is 0.107. The van der Waals surface area contributed by atoms with Crippen molar-refractivity contribution in [2.45, 2.75) is 12.5 Å². The van der Waals surface area contributed by atoms with Gasteiger partial charge in [0.1, 0.15) is 12.4 Å². The maximum absolute atomic E-state index is 5.69. The number of thiophene rings is 1. The summed E-state index contributed by atoms with van der Waals surface area (Å²) >= 11 is 5.16. The summed E-state index contributed by atoms with van der Waals surface area (Å²) in [5, 5.41) is 2.07. The second-order valence-corrected chi connectivity index (χ2v) is 5.83. The summed E-state index contributed by atoms with van der Waals surface area (Å²) in [6.45, 7) is 0.552. The highest BCUT2D eigenvalue weighted by atomic mass is 79.9. The molecule has 2 aromatic rings. The second kappa shape index (κ2) is 6.89. The first-order valence-corrected chi connectivity index (χ1v) is 7.32. The van der Waals surface area contributed by atoms with Gasteiger partial charge in [0.15, 0.2) is 0 Å². The van der Waals surface area contributed by atoms with Crippen molar-refractivity contribution in [1.82, 2.24) is 5.43 Å². The average Bonchev–Trinajstić information content (AvgIpc) is 2.81. The third-order valence-electron chi connectivity index (χ3n) is 2.50. The topological polar surface area (TPSA) is 47.3 Å². The Bertz CT molecular complexity index is 475. The number of halogens is 1. The number of hydrogen-bond acceptors (Lipinski definition) is 4. The highest BCUT2D eigenvalue weighted by Crippen LogP contribution is 2.21. The first-order valence-electron chi connectivity index (χ1n) is 5.65. The molecule has 0 aliphatic carbocycles. The van der Waals surface area contributed by atoms with E-state index in [-0.39, 0.29) is 6.04 Å². The zero-order chi connectivity index (χ0) is 12.8. The monoisotopic (exact) mass is 326 g/mol. The summed E-state index contributed by atoms with van der Waals surface area (Å²) in [5.41, 5.74) is 2.80. The van der Waals surface area contributed by atoms with Crippen molar-refractivity contribution in [3.63, 3.8) is 0 Å². The van der Waals surface area contributed by atoms with Crippen molar-refractivity contribution in [2.75, 3.05) is 6.61 Å². The van der Waals surface area contributed by atoms with Crippen molar-refractivity contribution < 1.29 is 4.74 Å². The molecule has 0 bridgehead atoms. The molecule has 0 amide bonds. The smallest absolute Gasteiger partial charge is 0.119 e. The molecule has 0 fully saturated rings. The molecule has 18 heavy (non-hydrogen) atoms.